The van der Waals surface area contributed by atoms with E-state index in [1.165, 1.54) is 6.08 Å². The van der Waals surface area contributed by atoms with Gasteiger partial charge < -0.3 is 10.6 Å². The van der Waals surface area contributed by atoms with Crippen LogP contribution in [-0.2, 0) is 9.59 Å². The number of nitriles is 1. The molecule has 0 atom stereocenters. The van der Waals surface area contributed by atoms with E-state index in [2.05, 4.69) is 17.2 Å². The number of carbonyl (C=O) groups excluding carboxylic acids is 2. The summed E-state index contributed by atoms with van der Waals surface area (Å²) in [5.41, 5.74) is 1.90. The van der Waals surface area contributed by atoms with Gasteiger partial charge in [0.25, 0.3) is 0 Å². The molecule has 5 heteroatoms. The summed E-state index contributed by atoms with van der Waals surface area (Å²) in [5.74, 6) is -0.373. The predicted octanol–water partition coefficient (Wildman–Crippen LogP) is 1.77. The third-order valence-electron chi connectivity index (χ3n) is 2.79. The van der Waals surface area contributed by atoms with E-state index in [9.17, 15) is 9.59 Å². The fourth-order valence-electron chi connectivity index (χ4n) is 1.55. The van der Waals surface area contributed by atoms with Gasteiger partial charge in [-0.15, -0.1) is 0 Å². The smallest absolute Gasteiger partial charge is 0.246 e. The minimum absolute atomic E-state index is 0.174. The Hall–Kier alpha value is -2.87. The van der Waals surface area contributed by atoms with Crippen LogP contribution in [0.2, 0.25) is 0 Å². The van der Waals surface area contributed by atoms with Gasteiger partial charge in [-0.1, -0.05) is 18.7 Å². The lowest BCUT2D eigenvalue weighted by Crippen LogP contribution is -2.29. The molecule has 0 saturated carbocycles. The van der Waals surface area contributed by atoms with Gasteiger partial charge in [0.2, 0.25) is 11.8 Å². The highest BCUT2D eigenvalue weighted by molar-refractivity contribution is 5.92. The molecule has 1 aromatic carbocycles. The molecule has 0 aliphatic heterocycles. The molecule has 2 amide bonds. The van der Waals surface area contributed by atoms with Crippen molar-refractivity contribution in [1.29, 1.82) is 5.26 Å². The van der Waals surface area contributed by atoms with Crippen LogP contribution in [0.25, 0.3) is 6.08 Å². The zero-order valence-electron chi connectivity index (χ0n) is 12.6. The first-order valence-corrected chi connectivity index (χ1v) is 6.92. The van der Waals surface area contributed by atoms with E-state index in [0.29, 0.717) is 30.6 Å². The highest BCUT2D eigenvalue weighted by Crippen LogP contribution is 2.04. The van der Waals surface area contributed by atoms with E-state index in [0.717, 1.165) is 5.56 Å². The molecule has 2 N–H and O–H groups in total. The second-order valence-corrected chi connectivity index (χ2v) is 4.75. The Morgan fingerprint density at radius 3 is 2.45 bits per heavy atom. The van der Waals surface area contributed by atoms with Crippen LogP contribution in [0.4, 0.5) is 0 Å². The van der Waals surface area contributed by atoms with Crippen LogP contribution < -0.4 is 10.6 Å². The summed E-state index contributed by atoms with van der Waals surface area (Å²) in [6, 6.07) is 8.97. The highest BCUT2D eigenvalue weighted by Gasteiger charge is 2.00. The standard InChI is InChI=1S/C17H19N3O2/c1-13(2)17(22)20-11-3-10-19-16(21)9-8-14-4-6-15(12-18)7-5-14/h4-9H,1,3,10-11H2,2H3,(H,19,21)(H,20,22)/b9-8+. The molecule has 0 heterocycles. The van der Waals surface area contributed by atoms with Crippen molar-refractivity contribution in [2.45, 2.75) is 13.3 Å². The average Bonchev–Trinajstić information content (AvgIpc) is 2.52. The highest BCUT2D eigenvalue weighted by atomic mass is 16.2. The SMILES string of the molecule is C=C(C)C(=O)NCCCNC(=O)/C=C/c1ccc(C#N)cc1. The summed E-state index contributed by atoms with van der Waals surface area (Å²) in [5, 5.41) is 14.1. The molecule has 0 aliphatic rings. The summed E-state index contributed by atoms with van der Waals surface area (Å²) in [6.07, 6.45) is 3.77. The molecule has 0 aliphatic carbocycles. The van der Waals surface area contributed by atoms with Gasteiger partial charge in [-0.25, -0.2) is 0 Å². The number of hydrogen-bond acceptors (Lipinski definition) is 3. The van der Waals surface area contributed by atoms with Crippen molar-refractivity contribution in [3.63, 3.8) is 0 Å². The normalized spacial score (nSPS) is 10.0. The molecule has 22 heavy (non-hydrogen) atoms. The van der Waals surface area contributed by atoms with Crippen molar-refractivity contribution in [2.24, 2.45) is 0 Å². The maximum absolute atomic E-state index is 11.6. The molecular weight excluding hydrogens is 278 g/mol. The van der Waals surface area contributed by atoms with Gasteiger partial charge in [0.1, 0.15) is 0 Å². The fourth-order valence-corrected chi connectivity index (χ4v) is 1.55. The van der Waals surface area contributed by atoms with Crippen LogP contribution in [0.15, 0.2) is 42.5 Å². The van der Waals surface area contributed by atoms with Crippen LogP contribution in [0.3, 0.4) is 0 Å². The number of benzene rings is 1. The molecule has 0 spiro atoms. The molecule has 0 fully saturated rings. The Kier molecular flexibility index (Phi) is 7.14. The van der Waals surface area contributed by atoms with Crippen molar-refractivity contribution >= 4 is 17.9 Å². The second kappa shape index (κ2) is 9.14. The maximum atomic E-state index is 11.6. The molecule has 0 aromatic heterocycles. The van der Waals surface area contributed by atoms with Gasteiger partial charge in [0, 0.05) is 24.7 Å². The van der Waals surface area contributed by atoms with E-state index in [4.69, 9.17) is 5.26 Å². The first-order chi connectivity index (χ1) is 10.5. The number of hydrogen-bond donors (Lipinski definition) is 2. The number of nitrogens with zero attached hydrogens (tertiary/aromatic N) is 1. The minimum Gasteiger partial charge on any atom is -0.352 e. The van der Waals surface area contributed by atoms with Crippen LogP contribution in [0.1, 0.15) is 24.5 Å². The van der Waals surface area contributed by atoms with E-state index in [1.807, 2.05) is 6.07 Å². The largest absolute Gasteiger partial charge is 0.352 e. The van der Waals surface area contributed by atoms with Crippen LogP contribution in [0.5, 0.6) is 0 Å². The van der Waals surface area contributed by atoms with Gasteiger partial charge in [0.05, 0.1) is 11.6 Å². The first-order valence-electron chi connectivity index (χ1n) is 6.92. The second-order valence-electron chi connectivity index (χ2n) is 4.75. The summed E-state index contributed by atoms with van der Waals surface area (Å²) >= 11 is 0. The Bertz CT molecular complexity index is 610. The van der Waals surface area contributed by atoms with Crippen LogP contribution in [-0.4, -0.2) is 24.9 Å². The third-order valence-corrected chi connectivity index (χ3v) is 2.79. The topological polar surface area (TPSA) is 82.0 Å². The van der Waals surface area contributed by atoms with Gasteiger partial charge in [-0.2, -0.15) is 5.26 Å². The number of amides is 2. The Balaban J connectivity index is 2.25. The lowest BCUT2D eigenvalue weighted by Gasteiger charge is -2.05. The quantitative estimate of drug-likeness (QED) is 0.594. The summed E-state index contributed by atoms with van der Waals surface area (Å²) in [4.78, 5) is 22.8. The van der Waals surface area contributed by atoms with Gasteiger partial charge >= 0.3 is 0 Å². The number of nitrogens with one attached hydrogen (secondary N) is 2. The molecule has 0 radical (unpaired) electrons. The zero-order chi connectivity index (χ0) is 16.4. The van der Waals surface area contributed by atoms with E-state index in [-0.39, 0.29) is 11.8 Å². The van der Waals surface area contributed by atoms with E-state index >= 15 is 0 Å². The Morgan fingerprint density at radius 2 is 1.86 bits per heavy atom. The molecule has 0 saturated heterocycles. The summed E-state index contributed by atoms with van der Waals surface area (Å²) < 4.78 is 0. The molecule has 0 bridgehead atoms. The number of rotatable bonds is 7. The zero-order valence-corrected chi connectivity index (χ0v) is 12.6. The summed E-state index contributed by atoms with van der Waals surface area (Å²) in [6.45, 7) is 6.15. The van der Waals surface area contributed by atoms with Crippen molar-refractivity contribution < 1.29 is 9.59 Å². The number of carbonyl (C=O) groups is 2. The first kappa shape index (κ1) is 17.2. The molecule has 1 rings (SSSR count). The summed E-state index contributed by atoms with van der Waals surface area (Å²) in [7, 11) is 0. The third kappa shape index (κ3) is 6.53. The van der Waals surface area contributed by atoms with Gasteiger partial charge in [-0.05, 0) is 37.1 Å². The average molecular weight is 297 g/mol. The van der Waals surface area contributed by atoms with Crippen molar-refractivity contribution in [3.05, 3.63) is 53.6 Å². The van der Waals surface area contributed by atoms with Crippen molar-refractivity contribution in [3.8, 4) is 6.07 Å². The lowest BCUT2D eigenvalue weighted by molar-refractivity contribution is -0.117. The molecular formula is C17H19N3O2. The van der Waals surface area contributed by atoms with Gasteiger partial charge in [-0.3, -0.25) is 9.59 Å². The molecule has 0 unspecified atom stereocenters. The van der Waals surface area contributed by atoms with Crippen molar-refractivity contribution in [1.82, 2.24) is 10.6 Å². The van der Waals surface area contributed by atoms with Crippen LogP contribution in [0, 0.1) is 11.3 Å². The lowest BCUT2D eigenvalue weighted by atomic mass is 10.1. The molecule has 114 valence electrons. The van der Waals surface area contributed by atoms with E-state index in [1.54, 1.807) is 37.3 Å². The van der Waals surface area contributed by atoms with Crippen LogP contribution >= 0.6 is 0 Å². The Labute approximate surface area is 130 Å². The molecule has 5 nitrogen and oxygen atoms in total. The Morgan fingerprint density at radius 1 is 1.23 bits per heavy atom. The maximum Gasteiger partial charge on any atom is 0.246 e. The molecule has 1 aromatic rings. The predicted molar refractivity (Wildman–Crippen MR) is 85.6 cm³/mol. The monoisotopic (exact) mass is 297 g/mol. The van der Waals surface area contributed by atoms with Crippen molar-refractivity contribution in [2.75, 3.05) is 13.1 Å². The van der Waals surface area contributed by atoms with E-state index < -0.39 is 0 Å². The van der Waals surface area contributed by atoms with Gasteiger partial charge in [0.15, 0.2) is 0 Å². The minimum atomic E-state index is -0.199. The fraction of sp³-hybridized carbons (Fsp3) is 0.235.